The quantitative estimate of drug-likeness (QED) is 0.514. The molecule has 0 fully saturated rings. The van der Waals surface area contributed by atoms with E-state index >= 15 is 0 Å². The largest absolute Gasteiger partial charge is 0.455 e. The highest BCUT2D eigenvalue weighted by molar-refractivity contribution is 7.12. The van der Waals surface area contributed by atoms with E-state index < -0.39 is 0 Å². The molecule has 0 atom stereocenters. The average Bonchev–Trinajstić information content (AvgIpc) is 3.07. The summed E-state index contributed by atoms with van der Waals surface area (Å²) in [7, 11) is 0. The van der Waals surface area contributed by atoms with Crippen LogP contribution in [0.3, 0.4) is 0 Å². The van der Waals surface area contributed by atoms with E-state index in [0.29, 0.717) is 5.76 Å². The predicted octanol–water partition coefficient (Wildman–Crippen LogP) is 4.34. The molecule has 4 heteroatoms. The molecule has 0 unspecified atom stereocenters. The van der Waals surface area contributed by atoms with E-state index in [9.17, 15) is 0 Å². The predicted molar refractivity (Wildman–Crippen MR) is 80.3 cm³/mol. The van der Waals surface area contributed by atoms with Gasteiger partial charge in [-0.15, -0.1) is 11.3 Å². The third kappa shape index (κ3) is 2.63. The highest BCUT2D eigenvalue weighted by atomic mass is 32.1. The van der Waals surface area contributed by atoms with Gasteiger partial charge in [-0.1, -0.05) is 24.3 Å². The Kier molecular flexibility index (Phi) is 3.25. The van der Waals surface area contributed by atoms with Gasteiger partial charge in [-0.05, 0) is 30.5 Å². The number of thiophene rings is 1. The molecule has 0 aliphatic carbocycles. The fourth-order valence-electron chi connectivity index (χ4n) is 1.77. The van der Waals surface area contributed by atoms with Crippen molar-refractivity contribution in [3.63, 3.8) is 0 Å². The van der Waals surface area contributed by atoms with Crippen LogP contribution in [0.25, 0.3) is 11.0 Å². The molecular formula is C15H12N2OS. The molecule has 0 N–H and O–H groups in total. The second-order valence-electron chi connectivity index (χ2n) is 4.09. The number of para-hydroxylation sites is 1. The highest BCUT2D eigenvalue weighted by Gasteiger charge is 2.00. The number of rotatable bonds is 3. The lowest BCUT2D eigenvalue weighted by Crippen LogP contribution is -1.88. The third-order valence-electron chi connectivity index (χ3n) is 2.72. The maximum atomic E-state index is 5.62. The van der Waals surface area contributed by atoms with Crippen molar-refractivity contribution in [3.05, 3.63) is 58.5 Å². The molecule has 3 aromatic rings. The SMILES string of the molecule is C/C(=N\N=Cc1cc2ccccc2o1)c1cccs1. The Morgan fingerprint density at radius 2 is 2.11 bits per heavy atom. The molecule has 0 bridgehead atoms. The first-order valence-electron chi connectivity index (χ1n) is 5.93. The molecule has 0 aliphatic rings. The van der Waals surface area contributed by atoms with Crippen molar-refractivity contribution in [2.24, 2.45) is 10.2 Å². The Hall–Kier alpha value is -2.20. The minimum atomic E-state index is 0.712. The Bertz CT molecular complexity index is 705. The van der Waals surface area contributed by atoms with Crippen molar-refractivity contribution in [3.8, 4) is 0 Å². The summed E-state index contributed by atoms with van der Waals surface area (Å²) in [6.45, 7) is 1.95. The van der Waals surface area contributed by atoms with Crippen molar-refractivity contribution in [1.82, 2.24) is 0 Å². The summed E-state index contributed by atoms with van der Waals surface area (Å²) in [6.07, 6.45) is 1.64. The Morgan fingerprint density at radius 3 is 2.89 bits per heavy atom. The molecule has 1 aromatic carbocycles. The van der Waals surface area contributed by atoms with Gasteiger partial charge in [0.2, 0.25) is 0 Å². The zero-order valence-corrected chi connectivity index (χ0v) is 11.2. The van der Waals surface area contributed by atoms with Crippen molar-refractivity contribution >= 4 is 34.2 Å². The van der Waals surface area contributed by atoms with Gasteiger partial charge in [-0.3, -0.25) is 0 Å². The van der Waals surface area contributed by atoms with Gasteiger partial charge in [0.05, 0.1) is 16.8 Å². The number of furan rings is 1. The minimum absolute atomic E-state index is 0.712. The first kappa shape index (κ1) is 11.9. The topological polar surface area (TPSA) is 37.9 Å². The molecule has 3 rings (SSSR count). The lowest BCUT2D eigenvalue weighted by Gasteiger charge is -1.90. The molecule has 2 heterocycles. The lowest BCUT2D eigenvalue weighted by atomic mass is 10.2. The van der Waals surface area contributed by atoms with Gasteiger partial charge in [0.15, 0.2) is 0 Å². The van der Waals surface area contributed by atoms with Gasteiger partial charge in [-0.2, -0.15) is 10.2 Å². The van der Waals surface area contributed by atoms with Crippen molar-refractivity contribution in [2.75, 3.05) is 0 Å². The van der Waals surface area contributed by atoms with Crippen LogP contribution in [0.2, 0.25) is 0 Å². The summed E-state index contributed by atoms with van der Waals surface area (Å²) in [5.74, 6) is 0.712. The van der Waals surface area contributed by atoms with Crippen LogP contribution in [0.15, 0.2) is 62.5 Å². The molecule has 3 nitrogen and oxygen atoms in total. The maximum Gasteiger partial charge on any atom is 0.148 e. The monoisotopic (exact) mass is 268 g/mol. The van der Waals surface area contributed by atoms with Crippen LogP contribution in [0, 0.1) is 0 Å². The first-order valence-corrected chi connectivity index (χ1v) is 6.81. The number of nitrogens with zero attached hydrogens (tertiary/aromatic N) is 2. The van der Waals surface area contributed by atoms with Gasteiger partial charge in [-0.25, -0.2) is 0 Å². The Morgan fingerprint density at radius 1 is 1.21 bits per heavy atom. The fraction of sp³-hybridized carbons (Fsp3) is 0.0667. The van der Waals surface area contributed by atoms with E-state index in [0.717, 1.165) is 21.6 Å². The molecule has 0 aliphatic heterocycles. The standard InChI is InChI=1S/C15H12N2OS/c1-11(15-7-4-8-19-15)17-16-10-13-9-12-5-2-3-6-14(12)18-13/h2-10H,1H3/b16-10?,17-11+. The van der Waals surface area contributed by atoms with Crippen LogP contribution in [-0.2, 0) is 0 Å². The van der Waals surface area contributed by atoms with E-state index in [-0.39, 0.29) is 0 Å². The summed E-state index contributed by atoms with van der Waals surface area (Å²) < 4.78 is 5.62. The highest BCUT2D eigenvalue weighted by Crippen LogP contribution is 2.17. The van der Waals surface area contributed by atoms with Crippen LogP contribution in [-0.4, -0.2) is 11.9 Å². The second-order valence-corrected chi connectivity index (χ2v) is 5.04. The molecule has 0 saturated carbocycles. The van der Waals surface area contributed by atoms with E-state index in [1.54, 1.807) is 17.6 Å². The third-order valence-corrected chi connectivity index (χ3v) is 3.69. The van der Waals surface area contributed by atoms with Gasteiger partial charge < -0.3 is 4.42 Å². The summed E-state index contributed by atoms with van der Waals surface area (Å²) in [6, 6.07) is 13.9. The fourth-order valence-corrected chi connectivity index (χ4v) is 2.44. The number of fused-ring (bicyclic) bond motifs is 1. The number of hydrogen-bond acceptors (Lipinski definition) is 4. The average molecular weight is 268 g/mol. The van der Waals surface area contributed by atoms with Gasteiger partial charge in [0.25, 0.3) is 0 Å². The zero-order chi connectivity index (χ0) is 13.1. The van der Waals surface area contributed by atoms with Crippen LogP contribution >= 0.6 is 11.3 Å². The van der Waals surface area contributed by atoms with Crippen molar-refractivity contribution < 1.29 is 4.42 Å². The minimum Gasteiger partial charge on any atom is -0.455 e. The van der Waals surface area contributed by atoms with E-state index in [1.165, 1.54) is 0 Å². The molecule has 19 heavy (non-hydrogen) atoms. The Balaban J connectivity index is 1.81. The molecule has 0 saturated heterocycles. The van der Waals surface area contributed by atoms with Gasteiger partial charge >= 0.3 is 0 Å². The van der Waals surface area contributed by atoms with Crippen LogP contribution in [0.5, 0.6) is 0 Å². The molecule has 0 amide bonds. The van der Waals surface area contributed by atoms with Crippen LogP contribution < -0.4 is 0 Å². The Labute approximate surface area is 114 Å². The summed E-state index contributed by atoms with van der Waals surface area (Å²) in [4.78, 5) is 1.13. The van der Waals surface area contributed by atoms with Gasteiger partial charge in [0.1, 0.15) is 11.3 Å². The molecule has 2 aromatic heterocycles. The molecule has 0 radical (unpaired) electrons. The van der Waals surface area contributed by atoms with Gasteiger partial charge in [0, 0.05) is 5.39 Å². The molecule has 0 spiro atoms. The summed E-state index contributed by atoms with van der Waals surface area (Å²) >= 11 is 1.65. The van der Waals surface area contributed by atoms with Crippen LogP contribution in [0.4, 0.5) is 0 Å². The number of hydrogen-bond donors (Lipinski definition) is 0. The summed E-state index contributed by atoms with van der Waals surface area (Å²) in [5, 5.41) is 11.3. The van der Waals surface area contributed by atoms with E-state index in [2.05, 4.69) is 10.2 Å². The second kappa shape index (κ2) is 5.20. The normalized spacial score (nSPS) is 12.6. The van der Waals surface area contributed by atoms with E-state index in [4.69, 9.17) is 4.42 Å². The first-order chi connectivity index (χ1) is 9.33. The summed E-state index contributed by atoms with van der Waals surface area (Å²) in [5.41, 5.74) is 1.77. The van der Waals surface area contributed by atoms with Crippen molar-refractivity contribution in [1.29, 1.82) is 0 Å². The molecule has 94 valence electrons. The van der Waals surface area contributed by atoms with Crippen molar-refractivity contribution in [2.45, 2.75) is 6.92 Å². The lowest BCUT2D eigenvalue weighted by molar-refractivity contribution is 0.607. The van der Waals surface area contributed by atoms with Crippen LogP contribution in [0.1, 0.15) is 17.6 Å². The number of benzene rings is 1. The smallest absolute Gasteiger partial charge is 0.148 e. The maximum absolute atomic E-state index is 5.62. The van der Waals surface area contributed by atoms with E-state index in [1.807, 2.05) is 54.8 Å². The molecular weight excluding hydrogens is 256 g/mol. The zero-order valence-electron chi connectivity index (χ0n) is 10.4.